The standard InChI is InChI=1S/C16H20O4/c1-3-16(11-19-15(17)20-12-16)14-8-6-13(7-9-14)5-4-10-18-2/h4-9H,3,10-12H2,1-2H3. The van der Waals surface area contributed by atoms with Crippen molar-refractivity contribution in [3.63, 3.8) is 0 Å². The van der Waals surface area contributed by atoms with E-state index in [9.17, 15) is 4.79 Å². The van der Waals surface area contributed by atoms with Gasteiger partial charge in [0.05, 0.1) is 12.0 Å². The van der Waals surface area contributed by atoms with Crippen LogP contribution >= 0.6 is 0 Å². The zero-order valence-corrected chi connectivity index (χ0v) is 11.9. The molecule has 0 spiro atoms. The van der Waals surface area contributed by atoms with Crippen LogP contribution in [0.4, 0.5) is 4.79 Å². The molecule has 0 radical (unpaired) electrons. The highest BCUT2D eigenvalue weighted by Gasteiger charge is 2.37. The average Bonchev–Trinajstić information content (AvgIpc) is 2.50. The monoisotopic (exact) mass is 276 g/mol. The average molecular weight is 276 g/mol. The molecule has 1 aliphatic heterocycles. The number of rotatable bonds is 5. The van der Waals surface area contributed by atoms with Crippen molar-refractivity contribution in [2.75, 3.05) is 26.9 Å². The maximum absolute atomic E-state index is 11.0. The molecular formula is C16H20O4. The third-order valence-electron chi connectivity index (χ3n) is 3.71. The highest BCUT2D eigenvalue weighted by molar-refractivity contribution is 5.61. The Morgan fingerprint density at radius 2 is 1.90 bits per heavy atom. The lowest BCUT2D eigenvalue weighted by Crippen LogP contribution is -2.42. The van der Waals surface area contributed by atoms with Gasteiger partial charge in [0.1, 0.15) is 13.2 Å². The van der Waals surface area contributed by atoms with Crippen molar-refractivity contribution in [1.82, 2.24) is 0 Å². The quantitative estimate of drug-likeness (QED) is 0.775. The molecule has 0 aliphatic carbocycles. The maximum Gasteiger partial charge on any atom is 0.508 e. The fourth-order valence-corrected chi connectivity index (χ4v) is 2.28. The van der Waals surface area contributed by atoms with Crippen molar-refractivity contribution < 1.29 is 19.0 Å². The molecule has 1 aliphatic rings. The Morgan fingerprint density at radius 1 is 1.25 bits per heavy atom. The molecule has 4 nitrogen and oxygen atoms in total. The Kier molecular flexibility index (Phi) is 4.79. The summed E-state index contributed by atoms with van der Waals surface area (Å²) in [4.78, 5) is 11.0. The summed E-state index contributed by atoms with van der Waals surface area (Å²) < 4.78 is 15.1. The highest BCUT2D eigenvalue weighted by atomic mass is 16.7. The first-order valence-electron chi connectivity index (χ1n) is 6.76. The fourth-order valence-electron chi connectivity index (χ4n) is 2.28. The topological polar surface area (TPSA) is 44.8 Å². The van der Waals surface area contributed by atoms with Gasteiger partial charge in [0.25, 0.3) is 0 Å². The van der Waals surface area contributed by atoms with Crippen molar-refractivity contribution in [2.24, 2.45) is 0 Å². The Labute approximate surface area is 119 Å². The number of carbonyl (C=O) groups excluding carboxylic acids is 1. The van der Waals surface area contributed by atoms with Crippen LogP contribution in [0.2, 0.25) is 0 Å². The number of carbonyl (C=O) groups is 1. The van der Waals surface area contributed by atoms with Gasteiger partial charge in [0.15, 0.2) is 0 Å². The molecule has 20 heavy (non-hydrogen) atoms. The summed E-state index contributed by atoms with van der Waals surface area (Å²) in [5, 5.41) is 0. The van der Waals surface area contributed by atoms with Crippen molar-refractivity contribution in [1.29, 1.82) is 0 Å². The van der Waals surface area contributed by atoms with Gasteiger partial charge in [-0.1, -0.05) is 43.3 Å². The van der Waals surface area contributed by atoms with Crippen molar-refractivity contribution >= 4 is 12.2 Å². The maximum atomic E-state index is 11.0. The molecule has 0 N–H and O–H groups in total. The second-order valence-corrected chi connectivity index (χ2v) is 4.94. The summed E-state index contributed by atoms with van der Waals surface area (Å²) in [7, 11) is 1.67. The second kappa shape index (κ2) is 6.57. The van der Waals surface area contributed by atoms with Crippen LogP contribution in [0, 0.1) is 0 Å². The molecule has 1 saturated heterocycles. The fraction of sp³-hybridized carbons (Fsp3) is 0.438. The first-order chi connectivity index (χ1) is 9.70. The van der Waals surface area contributed by atoms with Crippen LogP contribution in [0.25, 0.3) is 6.08 Å². The van der Waals surface area contributed by atoms with Gasteiger partial charge in [-0.15, -0.1) is 0 Å². The lowest BCUT2D eigenvalue weighted by atomic mass is 9.79. The number of ether oxygens (including phenoxy) is 3. The van der Waals surface area contributed by atoms with Gasteiger partial charge in [-0.2, -0.15) is 0 Å². The SMILES string of the molecule is CCC1(c2ccc(C=CCOC)cc2)COC(=O)OC1. The van der Waals surface area contributed by atoms with Crippen molar-refractivity contribution in [2.45, 2.75) is 18.8 Å². The van der Waals surface area contributed by atoms with Crippen LogP contribution in [-0.2, 0) is 19.6 Å². The molecule has 0 atom stereocenters. The second-order valence-electron chi connectivity index (χ2n) is 4.94. The lowest BCUT2D eigenvalue weighted by Gasteiger charge is -2.35. The van der Waals surface area contributed by atoms with Crippen molar-refractivity contribution in [3.8, 4) is 0 Å². The zero-order chi connectivity index (χ0) is 14.4. The van der Waals surface area contributed by atoms with Gasteiger partial charge >= 0.3 is 6.16 Å². The van der Waals surface area contributed by atoms with Gasteiger partial charge in [-0.25, -0.2) is 4.79 Å². The largest absolute Gasteiger partial charge is 0.508 e. The lowest BCUT2D eigenvalue weighted by molar-refractivity contribution is -0.0285. The molecule has 108 valence electrons. The molecule has 1 fully saturated rings. The molecule has 2 rings (SSSR count). The summed E-state index contributed by atoms with van der Waals surface area (Å²) >= 11 is 0. The van der Waals surface area contributed by atoms with E-state index >= 15 is 0 Å². The minimum atomic E-state index is -0.576. The van der Waals surface area contributed by atoms with E-state index in [-0.39, 0.29) is 5.41 Å². The predicted molar refractivity (Wildman–Crippen MR) is 76.6 cm³/mol. The van der Waals surface area contributed by atoms with Gasteiger partial charge in [0, 0.05) is 7.11 Å². The summed E-state index contributed by atoms with van der Waals surface area (Å²) in [6, 6.07) is 8.24. The molecule has 0 amide bonds. The number of hydrogen-bond donors (Lipinski definition) is 0. The number of benzene rings is 1. The number of cyclic esters (lactones) is 2. The Morgan fingerprint density at radius 3 is 2.45 bits per heavy atom. The molecule has 1 heterocycles. The number of methoxy groups -OCH3 is 1. The molecule has 0 aromatic heterocycles. The van der Waals surface area contributed by atoms with Gasteiger partial charge in [-0.3, -0.25) is 0 Å². The van der Waals surface area contributed by atoms with Crippen LogP contribution in [0.3, 0.4) is 0 Å². The minimum absolute atomic E-state index is 0.233. The first-order valence-corrected chi connectivity index (χ1v) is 6.76. The zero-order valence-electron chi connectivity index (χ0n) is 11.9. The van der Waals surface area contributed by atoms with Crippen LogP contribution in [0.15, 0.2) is 30.3 Å². The van der Waals surface area contributed by atoms with Gasteiger partial charge < -0.3 is 14.2 Å². The normalized spacial score (nSPS) is 17.8. The van der Waals surface area contributed by atoms with E-state index in [1.807, 2.05) is 12.2 Å². The molecule has 4 heteroatoms. The Bertz CT molecular complexity index is 466. The summed E-state index contributed by atoms with van der Waals surface area (Å²) in [6.07, 6.45) is 4.27. The first kappa shape index (κ1) is 14.6. The molecule has 0 unspecified atom stereocenters. The van der Waals surface area contributed by atoms with Gasteiger partial charge in [0.2, 0.25) is 0 Å². The number of hydrogen-bond acceptors (Lipinski definition) is 4. The third kappa shape index (κ3) is 3.20. The van der Waals surface area contributed by atoms with E-state index in [0.29, 0.717) is 19.8 Å². The highest BCUT2D eigenvalue weighted by Crippen LogP contribution is 2.32. The molecule has 0 saturated carbocycles. The van der Waals surface area contributed by atoms with E-state index in [1.165, 1.54) is 0 Å². The van der Waals surface area contributed by atoms with Crippen LogP contribution < -0.4 is 0 Å². The van der Waals surface area contributed by atoms with Crippen molar-refractivity contribution in [3.05, 3.63) is 41.5 Å². The van der Waals surface area contributed by atoms with E-state index in [0.717, 1.165) is 17.5 Å². The van der Waals surface area contributed by atoms with E-state index in [1.54, 1.807) is 7.11 Å². The van der Waals surface area contributed by atoms with E-state index in [4.69, 9.17) is 14.2 Å². The minimum Gasteiger partial charge on any atom is -0.433 e. The molecule has 0 bridgehead atoms. The summed E-state index contributed by atoms with van der Waals surface area (Å²) in [5.41, 5.74) is 2.02. The van der Waals surface area contributed by atoms with E-state index < -0.39 is 6.16 Å². The van der Waals surface area contributed by atoms with Gasteiger partial charge in [-0.05, 0) is 17.5 Å². The van der Waals surface area contributed by atoms with Crippen LogP contribution in [-0.4, -0.2) is 33.1 Å². The summed E-state index contributed by atoms with van der Waals surface area (Å²) in [6.45, 7) is 3.43. The Hall–Kier alpha value is -1.81. The van der Waals surface area contributed by atoms with Crippen LogP contribution in [0.5, 0.6) is 0 Å². The molecular weight excluding hydrogens is 256 g/mol. The van der Waals surface area contributed by atoms with E-state index in [2.05, 4.69) is 31.2 Å². The predicted octanol–water partition coefficient (Wildman–Crippen LogP) is 3.16. The molecule has 1 aromatic carbocycles. The third-order valence-corrected chi connectivity index (χ3v) is 3.71. The smallest absolute Gasteiger partial charge is 0.433 e. The molecule has 1 aromatic rings. The Balaban J connectivity index is 2.13. The van der Waals surface area contributed by atoms with Crippen LogP contribution in [0.1, 0.15) is 24.5 Å². The summed E-state index contributed by atoms with van der Waals surface area (Å²) in [5.74, 6) is 0.